The molecule has 0 spiro atoms. The zero-order valence-electron chi connectivity index (χ0n) is 13.4. The Kier molecular flexibility index (Phi) is 4.74. The molecule has 1 N–H and O–H groups in total. The fourth-order valence-electron chi connectivity index (χ4n) is 2.74. The Hall–Kier alpha value is -2.89. The predicted octanol–water partition coefficient (Wildman–Crippen LogP) is 2.47. The number of hydrogen-bond donors (Lipinski definition) is 1. The van der Waals surface area contributed by atoms with Crippen LogP contribution in [0.1, 0.15) is 13.3 Å². The van der Waals surface area contributed by atoms with Crippen LogP contribution in [0.5, 0.6) is 5.75 Å². The number of ether oxygens (including phenoxy) is 1. The molecule has 3 rings (SSSR count). The van der Waals surface area contributed by atoms with Crippen molar-refractivity contribution in [1.82, 2.24) is 4.98 Å². The molecule has 1 aromatic heterocycles. The van der Waals surface area contributed by atoms with Crippen LogP contribution in [0.15, 0.2) is 48.7 Å². The van der Waals surface area contributed by atoms with E-state index >= 15 is 0 Å². The number of benzene rings is 1. The third kappa shape index (κ3) is 3.37. The minimum atomic E-state index is -0.408. The van der Waals surface area contributed by atoms with E-state index < -0.39 is 5.92 Å². The van der Waals surface area contributed by atoms with Gasteiger partial charge < -0.3 is 15.0 Å². The Morgan fingerprint density at radius 2 is 2.08 bits per heavy atom. The van der Waals surface area contributed by atoms with E-state index in [1.165, 1.54) is 0 Å². The summed E-state index contributed by atoms with van der Waals surface area (Å²) in [6.45, 7) is 2.75. The van der Waals surface area contributed by atoms with Gasteiger partial charge in [-0.15, -0.1) is 0 Å². The zero-order valence-corrected chi connectivity index (χ0v) is 13.4. The van der Waals surface area contributed by atoms with Gasteiger partial charge in [0, 0.05) is 19.2 Å². The molecule has 2 heterocycles. The summed E-state index contributed by atoms with van der Waals surface area (Å²) in [5.74, 6) is 0.457. The molecule has 0 radical (unpaired) electrons. The maximum absolute atomic E-state index is 12.4. The second kappa shape index (κ2) is 7.12. The summed E-state index contributed by atoms with van der Waals surface area (Å²) < 4.78 is 5.58. The Balaban J connectivity index is 1.73. The van der Waals surface area contributed by atoms with Gasteiger partial charge in [-0.05, 0) is 31.2 Å². The van der Waals surface area contributed by atoms with Gasteiger partial charge in [-0.1, -0.05) is 18.2 Å². The highest BCUT2D eigenvalue weighted by molar-refractivity contribution is 6.03. The molecule has 124 valence electrons. The number of aromatic nitrogens is 1. The van der Waals surface area contributed by atoms with Crippen molar-refractivity contribution in [3.05, 3.63) is 48.7 Å². The maximum Gasteiger partial charge on any atom is 0.230 e. The highest BCUT2D eigenvalue weighted by atomic mass is 16.5. The highest BCUT2D eigenvalue weighted by Crippen LogP contribution is 2.33. The van der Waals surface area contributed by atoms with Crippen molar-refractivity contribution < 1.29 is 14.3 Å². The summed E-state index contributed by atoms with van der Waals surface area (Å²) in [7, 11) is 0. The molecule has 2 aromatic rings. The molecule has 0 bridgehead atoms. The second-order valence-electron chi connectivity index (χ2n) is 5.51. The van der Waals surface area contributed by atoms with Crippen molar-refractivity contribution in [2.75, 3.05) is 23.4 Å². The summed E-state index contributed by atoms with van der Waals surface area (Å²) in [4.78, 5) is 30.5. The number of rotatable bonds is 5. The summed E-state index contributed by atoms with van der Waals surface area (Å²) in [6.07, 6.45) is 1.79. The van der Waals surface area contributed by atoms with E-state index in [-0.39, 0.29) is 18.2 Å². The van der Waals surface area contributed by atoms with Crippen LogP contribution < -0.4 is 15.0 Å². The lowest BCUT2D eigenvalue weighted by molar-refractivity contribution is -0.122. The number of nitrogens with zero attached hydrogens (tertiary/aromatic N) is 2. The molecular formula is C18H19N3O3. The van der Waals surface area contributed by atoms with Gasteiger partial charge in [0.05, 0.1) is 18.2 Å². The third-order valence-electron chi connectivity index (χ3n) is 3.87. The molecule has 0 aliphatic carbocycles. The number of nitrogens with one attached hydrogen (secondary N) is 1. The molecule has 1 unspecified atom stereocenters. The quantitative estimate of drug-likeness (QED) is 0.917. The van der Waals surface area contributed by atoms with Gasteiger partial charge in [0.1, 0.15) is 11.6 Å². The van der Waals surface area contributed by atoms with Crippen molar-refractivity contribution in [2.24, 2.45) is 5.92 Å². The fourth-order valence-corrected chi connectivity index (χ4v) is 2.74. The van der Waals surface area contributed by atoms with Crippen LogP contribution in [0.2, 0.25) is 0 Å². The number of carbonyl (C=O) groups excluding carboxylic acids is 2. The minimum Gasteiger partial charge on any atom is -0.492 e. The van der Waals surface area contributed by atoms with Crippen LogP contribution in [0, 0.1) is 5.92 Å². The summed E-state index contributed by atoms with van der Waals surface area (Å²) >= 11 is 0. The molecule has 6 heteroatoms. The summed E-state index contributed by atoms with van der Waals surface area (Å²) in [5.41, 5.74) is 0.706. The van der Waals surface area contributed by atoms with Crippen molar-refractivity contribution in [3.8, 4) is 5.75 Å². The SMILES string of the molecule is CCOc1ccccc1N1CC(C(=O)Nc2ccccn2)CC1=O. The Morgan fingerprint density at radius 3 is 2.83 bits per heavy atom. The molecule has 6 nitrogen and oxygen atoms in total. The molecule has 2 amide bonds. The Bertz CT molecular complexity index is 733. The number of pyridine rings is 1. The van der Waals surface area contributed by atoms with Gasteiger partial charge in [-0.25, -0.2) is 4.98 Å². The minimum absolute atomic E-state index is 0.0803. The zero-order chi connectivity index (χ0) is 16.9. The molecular weight excluding hydrogens is 306 g/mol. The van der Waals surface area contributed by atoms with Crippen molar-refractivity contribution >= 4 is 23.3 Å². The van der Waals surface area contributed by atoms with Gasteiger partial charge in [0.25, 0.3) is 0 Å². The van der Waals surface area contributed by atoms with E-state index in [0.29, 0.717) is 30.4 Å². The van der Waals surface area contributed by atoms with Gasteiger partial charge in [0.15, 0.2) is 0 Å². The lowest BCUT2D eigenvalue weighted by Crippen LogP contribution is -2.28. The largest absolute Gasteiger partial charge is 0.492 e. The average molecular weight is 325 g/mol. The second-order valence-corrected chi connectivity index (χ2v) is 5.51. The van der Waals surface area contributed by atoms with E-state index in [1.807, 2.05) is 31.2 Å². The molecule has 1 aromatic carbocycles. The molecule has 1 fully saturated rings. The topological polar surface area (TPSA) is 71.5 Å². The van der Waals surface area contributed by atoms with Crippen molar-refractivity contribution in [2.45, 2.75) is 13.3 Å². The summed E-state index contributed by atoms with van der Waals surface area (Å²) in [5, 5.41) is 2.76. The van der Waals surface area contributed by atoms with Crippen molar-refractivity contribution in [3.63, 3.8) is 0 Å². The molecule has 1 aliphatic rings. The van der Waals surface area contributed by atoms with Crippen LogP contribution in [0.25, 0.3) is 0 Å². The van der Waals surface area contributed by atoms with Gasteiger partial charge in [-0.2, -0.15) is 0 Å². The fraction of sp³-hybridized carbons (Fsp3) is 0.278. The maximum atomic E-state index is 12.4. The van der Waals surface area contributed by atoms with Gasteiger partial charge in [0.2, 0.25) is 11.8 Å². The van der Waals surface area contributed by atoms with Crippen LogP contribution in [-0.2, 0) is 9.59 Å². The average Bonchev–Trinajstić information content (AvgIpc) is 2.98. The van der Waals surface area contributed by atoms with Gasteiger partial charge >= 0.3 is 0 Å². The standard InChI is InChI=1S/C18H19N3O3/c1-2-24-15-8-4-3-7-14(15)21-12-13(11-17(21)22)18(23)20-16-9-5-6-10-19-16/h3-10,13H,2,11-12H2,1H3,(H,19,20,23). The van der Waals surface area contributed by atoms with E-state index in [1.54, 1.807) is 29.3 Å². The smallest absolute Gasteiger partial charge is 0.230 e. The van der Waals surface area contributed by atoms with Crippen LogP contribution in [0.4, 0.5) is 11.5 Å². The molecule has 1 aliphatic heterocycles. The number of amides is 2. The third-order valence-corrected chi connectivity index (χ3v) is 3.87. The first-order valence-corrected chi connectivity index (χ1v) is 7.93. The van der Waals surface area contributed by atoms with Crippen LogP contribution in [-0.4, -0.2) is 29.9 Å². The normalized spacial score (nSPS) is 17.0. The number of anilines is 2. The highest BCUT2D eigenvalue weighted by Gasteiger charge is 2.36. The monoisotopic (exact) mass is 325 g/mol. The Morgan fingerprint density at radius 1 is 1.29 bits per heavy atom. The van der Waals surface area contributed by atoms with Crippen LogP contribution in [0.3, 0.4) is 0 Å². The Labute approximate surface area is 140 Å². The number of para-hydroxylation sites is 2. The molecule has 1 atom stereocenters. The first kappa shape index (κ1) is 16.0. The lowest BCUT2D eigenvalue weighted by atomic mass is 10.1. The molecule has 0 saturated carbocycles. The number of carbonyl (C=O) groups is 2. The molecule has 24 heavy (non-hydrogen) atoms. The van der Waals surface area contributed by atoms with Gasteiger partial charge in [-0.3, -0.25) is 9.59 Å². The van der Waals surface area contributed by atoms with Crippen LogP contribution >= 0.6 is 0 Å². The predicted molar refractivity (Wildman–Crippen MR) is 90.9 cm³/mol. The van der Waals surface area contributed by atoms with E-state index in [0.717, 1.165) is 0 Å². The van der Waals surface area contributed by atoms with Crippen molar-refractivity contribution in [1.29, 1.82) is 0 Å². The van der Waals surface area contributed by atoms with E-state index in [9.17, 15) is 9.59 Å². The lowest BCUT2D eigenvalue weighted by Gasteiger charge is -2.20. The summed E-state index contributed by atoms with van der Waals surface area (Å²) in [6, 6.07) is 12.7. The van der Waals surface area contributed by atoms with E-state index in [2.05, 4.69) is 10.3 Å². The first-order chi connectivity index (χ1) is 11.7. The first-order valence-electron chi connectivity index (χ1n) is 7.93. The molecule has 1 saturated heterocycles. The van der Waals surface area contributed by atoms with E-state index in [4.69, 9.17) is 4.74 Å². The number of hydrogen-bond acceptors (Lipinski definition) is 4.